The van der Waals surface area contributed by atoms with E-state index >= 15 is 0 Å². The Hall–Kier alpha value is -4.64. The maximum absolute atomic E-state index is 13.1. The lowest BCUT2D eigenvalue weighted by atomic mass is 10.1. The van der Waals surface area contributed by atoms with Gasteiger partial charge in [0, 0.05) is 11.4 Å². The Balaban J connectivity index is 1.80. The van der Waals surface area contributed by atoms with Crippen LogP contribution in [0.15, 0.2) is 60.7 Å². The molecule has 0 aliphatic carbocycles. The molecule has 3 rings (SSSR count). The lowest BCUT2D eigenvalue weighted by Gasteiger charge is -2.17. The van der Waals surface area contributed by atoms with Crippen LogP contribution in [0.3, 0.4) is 0 Å². The molecular formula is C24H14F12N4O2. The lowest BCUT2D eigenvalue weighted by molar-refractivity contribution is -0.144. The van der Waals surface area contributed by atoms with Crippen LogP contribution in [0, 0.1) is 0 Å². The lowest BCUT2D eigenvalue weighted by Crippen LogP contribution is -2.24. The predicted octanol–water partition coefficient (Wildman–Crippen LogP) is 9.05. The smallest absolute Gasteiger partial charge is 0.308 e. The molecule has 6 nitrogen and oxygen atoms in total. The minimum Gasteiger partial charge on any atom is -0.308 e. The van der Waals surface area contributed by atoms with Crippen LogP contribution in [-0.4, -0.2) is 12.1 Å². The average Bonchev–Trinajstić information content (AvgIpc) is 2.82. The zero-order chi connectivity index (χ0) is 31.7. The van der Waals surface area contributed by atoms with Gasteiger partial charge in [-0.05, 0) is 48.5 Å². The molecule has 4 amide bonds. The second-order valence-corrected chi connectivity index (χ2v) is 8.29. The summed E-state index contributed by atoms with van der Waals surface area (Å²) in [5, 5.41) is 7.67. The van der Waals surface area contributed by atoms with Gasteiger partial charge in [-0.15, -0.1) is 0 Å². The van der Waals surface area contributed by atoms with Gasteiger partial charge in [-0.2, -0.15) is 52.7 Å². The maximum Gasteiger partial charge on any atom is 0.416 e. The van der Waals surface area contributed by atoms with E-state index in [4.69, 9.17) is 0 Å². The summed E-state index contributed by atoms with van der Waals surface area (Å²) in [6.45, 7) is 0. The molecule has 0 spiro atoms. The zero-order valence-corrected chi connectivity index (χ0v) is 20.1. The molecular weight excluding hydrogens is 604 g/mol. The van der Waals surface area contributed by atoms with Gasteiger partial charge in [0.25, 0.3) is 0 Å². The van der Waals surface area contributed by atoms with Gasteiger partial charge in [0.1, 0.15) is 0 Å². The summed E-state index contributed by atoms with van der Waals surface area (Å²) in [5.74, 6) is 0. The number of amides is 4. The van der Waals surface area contributed by atoms with E-state index in [1.165, 1.54) is 12.1 Å². The molecule has 0 saturated heterocycles. The van der Waals surface area contributed by atoms with E-state index in [0.29, 0.717) is 0 Å². The van der Waals surface area contributed by atoms with Gasteiger partial charge < -0.3 is 21.3 Å². The highest BCUT2D eigenvalue weighted by molar-refractivity contribution is 6.06. The summed E-state index contributed by atoms with van der Waals surface area (Å²) in [6, 6.07) is 2.62. The fourth-order valence-corrected chi connectivity index (χ4v) is 3.32. The van der Waals surface area contributed by atoms with Crippen molar-refractivity contribution in [2.24, 2.45) is 0 Å². The number of nitrogens with one attached hydrogen (secondary N) is 4. The summed E-state index contributed by atoms with van der Waals surface area (Å²) >= 11 is 0. The summed E-state index contributed by atoms with van der Waals surface area (Å²) in [5.41, 5.74) is -9.28. The van der Waals surface area contributed by atoms with Crippen molar-refractivity contribution in [2.45, 2.75) is 24.7 Å². The van der Waals surface area contributed by atoms with Gasteiger partial charge in [0.2, 0.25) is 0 Å². The van der Waals surface area contributed by atoms with E-state index in [9.17, 15) is 62.3 Å². The van der Waals surface area contributed by atoms with Gasteiger partial charge in [-0.1, -0.05) is 12.1 Å². The summed E-state index contributed by atoms with van der Waals surface area (Å²) in [6.07, 6.45) is -20.8. The predicted molar refractivity (Wildman–Crippen MR) is 125 cm³/mol. The first-order valence-electron chi connectivity index (χ1n) is 11.0. The van der Waals surface area contributed by atoms with Crippen molar-refractivity contribution in [3.8, 4) is 0 Å². The van der Waals surface area contributed by atoms with Crippen LogP contribution in [0.1, 0.15) is 22.3 Å². The van der Waals surface area contributed by atoms with Crippen LogP contribution in [0.2, 0.25) is 0 Å². The number of hydrogen-bond donors (Lipinski definition) is 4. The first-order valence-corrected chi connectivity index (χ1v) is 11.0. The molecule has 0 aromatic heterocycles. The Morgan fingerprint density at radius 3 is 0.929 bits per heavy atom. The highest BCUT2D eigenvalue weighted by atomic mass is 19.4. The van der Waals surface area contributed by atoms with Crippen molar-refractivity contribution in [1.29, 1.82) is 0 Å². The van der Waals surface area contributed by atoms with Gasteiger partial charge >= 0.3 is 36.8 Å². The standard InChI is InChI=1S/C24H14F12N4O2/c25-21(26,27)11-5-12(22(28,29)30)8-15(7-11)37-19(41)39-17-3-1-2-4-18(17)40-20(42)38-16-9-13(23(31,32)33)6-14(10-16)24(34,35)36/h1-10H,(H2,37,39,41)(H2,38,40,42). The molecule has 3 aromatic carbocycles. The van der Waals surface area contributed by atoms with E-state index in [0.717, 1.165) is 12.1 Å². The molecule has 0 radical (unpaired) electrons. The van der Waals surface area contributed by atoms with E-state index < -0.39 is 70.4 Å². The number of anilines is 4. The molecule has 3 aromatic rings. The third-order valence-electron chi connectivity index (χ3n) is 5.11. The number of carbonyl (C=O) groups excluding carboxylic acids is 2. The van der Waals surface area contributed by atoms with Crippen LogP contribution >= 0.6 is 0 Å². The van der Waals surface area contributed by atoms with Crippen molar-refractivity contribution in [2.75, 3.05) is 21.3 Å². The first-order chi connectivity index (χ1) is 19.1. The van der Waals surface area contributed by atoms with Crippen LogP contribution in [0.25, 0.3) is 0 Å². The third kappa shape index (κ3) is 8.43. The molecule has 18 heteroatoms. The Morgan fingerprint density at radius 2 is 0.690 bits per heavy atom. The van der Waals surface area contributed by atoms with E-state index in [1.54, 1.807) is 10.6 Å². The van der Waals surface area contributed by atoms with E-state index in [-0.39, 0.29) is 47.8 Å². The summed E-state index contributed by atoms with van der Waals surface area (Å²) in [7, 11) is 0. The molecule has 0 aliphatic heterocycles. The number of alkyl halides is 12. The first kappa shape index (κ1) is 31.9. The number of urea groups is 2. The van der Waals surface area contributed by atoms with Crippen LogP contribution in [0.4, 0.5) is 85.0 Å². The fraction of sp³-hybridized carbons (Fsp3) is 0.167. The van der Waals surface area contributed by atoms with Crippen molar-refractivity contribution in [1.82, 2.24) is 0 Å². The molecule has 4 N–H and O–H groups in total. The molecule has 0 atom stereocenters. The van der Waals surface area contributed by atoms with Gasteiger partial charge in [-0.25, -0.2) is 9.59 Å². The van der Waals surface area contributed by atoms with Crippen molar-refractivity contribution in [3.63, 3.8) is 0 Å². The summed E-state index contributed by atoms with van der Waals surface area (Å²) in [4.78, 5) is 24.7. The number of rotatable bonds is 4. The third-order valence-corrected chi connectivity index (χ3v) is 5.11. The molecule has 0 aliphatic rings. The SMILES string of the molecule is O=C(Nc1cc(C(F)(F)F)cc(C(F)(F)F)c1)Nc1ccccc1NC(=O)Nc1cc(C(F)(F)F)cc(C(F)(F)F)c1. The average molecular weight is 618 g/mol. The molecule has 226 valence electrons. The number of halogens is 12. The summed E-state index contributed by atoms with van der Waals surface area (Å²) < 4.78 is 157. The monoisotopic (exact) mass is 618 g/mol. The molecule has 0 unspecified atom stereocenters. The molecule has 0 bridgehead atoms. The normalized spacial score (nSPS) is 12.5. The second kappa shape index (κ2) is 11.3. The van der Waals surface area contributed by atoms with Gasteiger partial charge in [0.15, 0.2) is 0 Å². The second-order valence-electron chi connectivity index (χ2n) is 8.29. The van der Waals surface area contributed by atoms with Crippen LogP contribution < -0.4 is 21.3 Å². The van der Waals surface area contributed by atoms with Crippen LogP contribution in [-0.2, 0) is 24.7 Å². The highest BCUT2D eigenvalue weighted by Crippen LogP contribution is 2.39. The molecule has 0 fully saturated rings. The van der Waals surface area contributed by atoms with E-state index in [1.807, 2.05) is 0 Å². The molecule has 42 heavy (non-hydrogen) atoms. The van der Waals surface area contributed by atoms with E-state index in [2.05, 4.69) is 10.6 Å². The number of carbonyl (C=O) groups is 2. The fourth-order valence-electron chi connectivity index (χ4n) is 3.32. The molecule has 0 saturated carbocycles. The Morgan fingerprint density at radius 1 is 0.429 bits per heavy atom. The minimum absolute atomic E-state index is 0.164. The van der Waals surface area contributed by atoms with Gasteiger partial charge in [-0.3, -0.25) is 0 Å². The Labute approximate surface area is 226 Å². The van der Waals surface area contributed by atoms with Gasteiger partial charge in [0.05, 0.1) is 33.6 Å². The molecule has 0 heterocycles. The topological polar surface area (TPSA) is 82.3 Å². The number of para-hydroxylation sites is 2. The van der Waals surface area contributed by atoms with Crippen molar-refractivity contribution < 1.29 is 62.3 Å². The zero-order valence-electron chi connectivity index (χ0n) is 20.1. The van der Waals surface area contributed by atoms with Crippen molar-refractivity contribution >= 4 is 34.8 Å². The number of benzene rings is 3. The number of hydrogen-bond acceptors (Lipinski definition) is 2. The maximum atomic E-state index is 13.1. The van der Waals surface area contributed by atoms with Crippen LogP contribution in [0.5, 0.6) is 0 Å². The Kier molecular flexibility index (Phi) is 8.60. The minimum atomic E-state index is -5.20. The van der Waals surface area contributed by atoms with Crippen molar-refractivity contribution in [3.05, 3.63) is 82.9 Å². The quantitative estimate of drug-likeness (QED) is 0.220. The Bertz CT molecular complexity index is 1300. The highest BCUT2D eigenvalue weighted by Gasteiger charge is 2.38. The largest absolute Gasteiger partial charge is 0.416 e.